The normalized spacial score (nSPS) is 15.7. The summed E-state index contributed by atoms with van der Waals surface area (Å²) in [7, 11) is 0. The Kier molecular flexibility index (Phi) is 6.92. The number of hydrogen-bond acceptors (Lipinski definition) is 7. The molecule has 4 rings (SSSR count). The molecule has 1 atom stereocenters. The molecule has 1 unspecified atom stereocenters. The van der Waals surface area contributed by atoms with Gasteiger partial charge in [-0.05, 0) is 25.7 Å². The maximum absolute atomic E-state index is 13.4. The van der Waals surface area contributed by atoms with Crippen molar-refractivity contribution in [3.63, 3.8) is 0 Å². The number of aromatic nitrogens is 4. The largest absolute Gasteiger partial charge is 0.367 e. The summed E-state index contributed by atoms with van der Waals surface area (Å²) >= 11 is 1.56. The molecule has 0 spiro atoms. The molecule has 9 nitrogen and oxygen atoms in total. The van der Waals surface area contributed by atoms with Crippen LogP contribution in [0.2, 0.25) is 0 Å². The van der Waals surface area contributed by atoms with Gasteiger partial charge < -0.3 is 15.5 Å². The molecule has 0 aliphatic carbocycles. The fraction of sp³-hybridized carbons (Fsp3) is 0.522. The van der Waals surface area contributed by atoms with Crippen molar-refractivity contribution >= 4 is 33.8 Å². The first-order valence-electron chi connectivity index (χ1n) is 11.5. The highest BCUT2D eigenvalue weighted by molar-refractivity contribution is 7.16. The van der Waals surface area contributed by atoms with Crippen LogP contribution < -0.4 is 10.6 Å². The molecule has 3 aromatic rings. The van der Waals surface area contributed by atoms with E-state index in [4.69, 9.17) is 4.98 Å². The Labute approximate surface area is 197 Å². The zero-order chi connectivity index (χ0) is 23.5. The lowest BCUT2D eigenvalue weighted by Crippen LogP contribution is -2.46. The lowest BCUT2D eigenvalue weighted by atomic mass is 10.0. The Bertz CT molecular complexity index is 1130. The van der Waals surface area contributed by atoms with E-state index >= 15 is 0 Å². The zero-order valence-corrected chi connectivity index (χ0v) is 20.4. The van der Waals surface area contributed by atoms with E-state index in [0.29, 0.717) is 42.8 Å². The first-order valence-corrected chi connectivity index (χ1v) is 12.4. The summed E-state index contributed by atoms with van der Waals surface area (Å²) in [5.41, 5.74) is 1.17. The number of nitrogens with zero attached hydrogens (tertiary/aromatic N) is 5. The van der Waals surface area contributed by atoms with Crippen LogP contribution in [-0.2, 0) is 4.79 Å². The van der Waals surface area contributed by atoms with Crippen LogP contribution in [0.1, 0.15) is 57.4 Å². The highest BCUT2D eigenvalue weighted by atomic mass is 32.1. The van der Waals surface area contributed by atoms with E-state index in [1.54, 1.807) is 28.1 Å². The van der Waals surface area contributed by atoms with Crippen LogP contribution in [0.15, 0.2) is 23.8 Å². The second kappa shape index (κ2) is 9.86. The topological polar surface area (TPSA) is 105 Å². The molecule has 176 valence electrons. The number of thiazole rings is 1. The Morgan fingerprint density at radius 1 is 1.21 bits per heavy atom. The fourth-order valence-electron chi connectivity index (χ4n) is 3.75. The van der Waals surface area contributed by atoms with Crippen LogP contribution in [0.5, 0.6) is 0 Å². The molecule has 0 aromatic carbocycles. The average Bonchev–Trinajstić information content (AvgIpc) is 3.43. The molecule has 3 aromatic heterocycles. The Balaban J connectivity index is 1.59. The van der Waals surface area contributed by atoms with Gasteiger partial charge in [0.1, 0.15) is 16.3 Å². The van der Waals surface area contributed by atoms with Gasteiger partial charge in [-0.3, -0.25) is 9.59 Å². The molecule has 0 saturated carbocycles. The molecule has 10 heteroatoms. The van der Waals surface area contributed by atoms with Crippen molar-refractivity contribution < 1.29 is 9.59 Å². The number of piperidine rings is 1. The SMILES string of the molecule is CCC(=O)NC1CCN(C(=O)c2cc(NC(C)C(C)C)nc(-c3cnn4ccsc34)n2)CC1. The highest BCUT2D eigenvalue weighted by Crippen LogP contribution is 2.27. The summed E-state index contributed by atoms with van der Waals surface area (Å²) in [5, 5.41) is 12.8. The Morgan fingerprint density at radius 3 is 2.67 bits per heavy atom. The third-order valence-electron chi connectivity index (χ3n) is 6.16. The third-order valence-corrected chi connectivity index (χ3v) is 7.05. The van der Waals surface area contributed by atoms with Crippen molar-refractivity contribution in [1.82, 2.24) is 29.8 Å². The van der Waals surface area contributed by atoms with Crippen LogP contribution in [-0.4, -0.2) is 61.5 Å². The van der Waals surface area contributed by atoms with Crippen LogP contribution in [0, 0.1) is 5.92 Å². The summed E-state index contributed by atoms with van der Waals surface area (Å²) in [6, 6.07) is 2.04. The van der Waals surface area contributed by atoms with Crippen molar-refractivity contribution in [2.75, 3.05) is 18.4 Å². The van der Waals surface area contributed by atoms with Gasteiger partial charge in [0.25, 0.3) is 5.91 Å². The molecular weight excluding hydrogens is 438 g/mol. The lowest BCUT2D eigenvalue weighted by molar-refractivity contribution is -0.121. The first kappa shape index (κ1) is 23.2. The lowest BCUT2D eigenvalue weighted by Gasteiger charge is -2.32. The van der Waals surface area contributed by atoms with Gasteiger partial charge in [-0.25, -0.2) is 14.5 Å². The minimum Gasteiger partial charge on any atom is -0.367 e. The van der Waals surface area contributed by atoms with Gasteiger partial charge in [0, 0.05) is 49.2 Å². The summed E-state index contributed by atoms with van der Waals surface area (Å²) in [6.07, 6.45) is 5.58. The number of carbonyl (C=O) groups excluding carboxylic acids is 2. The number of amides is 2. The van der Waals surface area contributed by atoms with E-state index in [-0.39, 0.29) is 23.9 Å². The summed E-state index contributed by atoms with van der Waals surface area (Å²) in [4.78, 5) is 37.2. The number of hydrogen-bond donors (Lipinski definition) is 2. The van der Waals surface area contributed by atoms with Crippen molar-refractivity contribution in [3.05, 3.63) is 29.5 Å². The number of anilines is 1. The number of rotatable bonds is 7. The molecular formula is C23H31N7O2S. The van der Waals surface area contributed by atoms with E-state index in [0.717, 1.165) is 23.2 Å². The molecule has 0 radical (unpaired) electrons. The quantitative estimate of drug-likeness (QED) is 0.549. The van der Waals surface area contributed by atoms with Crippen LogP contribution >= 0.6 is 11.3 Å². The second-order valence-corrected chi connectivity index (χ2v) is 9.73. The zero-order valence-electron chi connectivity index (χ0n) is 19.5. The summed E-state index contributed by atoms with van der Waals surface area (Å²) in [6.45, 7) is 9.39. The molecule has 0 bridgehead atoms. The standard InChI is InChI=1S/C23H31N7O2S/c1-5-20(31)26-16-6-8-29(9-7-16)22(32)18-12-19(25-15(4)14(2)3)28-21(27-18)17-13-24-30-10-11-33-23(17)30/h10-16H,5-9H2,1-4H3,(H,26,31)(H,25,27,28). The average molecular weight is 470 g/mol. The van der Waals surface area contributed by atoms with Crippen molar-refractivity contribution in [2.45, 2.75) is 59.0 Å². The number of nitrogens with one attached hydrogen (secondary N) is 2. The molecule has 33 heavy (non-hydrogen) atoms. The monoisotopic (exact) mass is 469 g/mol. The number of carbonyl (C=O) groups is 2. The van der Waals surface area contributed by atoms with Crippen molar-refractivity contribution in [3.8, 4) is 11.4 Å². The Hall–Kier alpha value is -3.01. The van der Waals surface area contributed by atoms with Gasteiger partial charge in [0.15, 0.2) is 5.82 Å². The van der Waals surface area contributed by atoms with Crippen LogP contribution in [0.4, 0.5) is 5.82 Å². The molecule has 1 aliphatic rings. The van der Waals surface area contributed by atoms with Crippen LogP contribution in [0.3, 0.4) is 0 Å². The van der Waals surface area contributed by atoms with E-state index < -0.39 is 0 Å². The molecule has 2 N–H and O–H groups in total. The van der Waals surface area contributed by atoms with E-state index in [9.17, 15) is 9.59 Å². The number of likely N-dealkylation sites (tertiary alicyclic amines) is 1. The van der Waals surface area contributed by atoms with E-state index in [2.05, 4.69) is 41.5 Å². The molecule has 2 amide bonds. The van der Waals surface area contributed by atoms with Crippen molar-refractivity contribution in [2.24, 2.45) is 5.92 Å². The first-order chi connectivity index (χ1) is 15.9. The Morgan fingerprint density at radius 2 is 1.97 bits per heavy atom. The predicted octanol–water partition coefficient (Wildman–Crippen LogP) is 3.44. The molecule has 1 aliphatic heterocycles. The van der Waals surface area contributed by atoms with Gasteiger partial charge in [-0.1, -0.05) is 20.8 Å². The minimum absolute atomic E-state index is 0.0521. The smallest absolute Gasteiger partial charge is 0.272 e. The van der Waals surface area contributed by atoms with Gasteiger partial charge in [-0.15, -0.1) is 11.3 Å². The maximum Gasteiger partial charge on any atom is 0.272 e. The minimum atomic E-state index is -0.117. The highest BCUT2D eigenvalue weighted by Gasteiger charge is 2.26. The van der Waals surface area contributed by atoms with Gasteiger partial charge in [0.05, 0.1) is 11.8 Å². The predicted molar refractivity (Wildman–Crippen MR) is 129 cm³/mol. The third kappa shape index (κ3) is 5.16. The van der Waals surface area contributed by atoms with E-state index in [1.165, 1.54) is 0 Å². The van der Waals surface area contributed by atoms with Gasteiger partial charge in [0.2, 0.25) is 5.91 Å². The summed E-state index contributed by atoms with van der Waals surface area (Å²) < 4.78 is 1.79. The number of fused-ring (bicyclic) bond motifs is 1. The molecule has 1 fully saturated rings. The fourth-order valence-corrected chi connectivity index (χ4v) is 4.54. The molecule has 1 saturated heterocycles. The summed E-state index contributed by atoms with van der Waals surface area (Å²) in [5.74, 6) is 1.46. The van der Waals surface area contributed by atoms with E-state index in [1.807, 2.05) is 23.4 Å². The second-order valence-electron chi connectivity index (χ2n) is 8.84. The van der Waals surface area contributed by atoms with Crippen LogP contribution in [0.25, 0.3) is 16.2 Å². The maximum atomic E-state index is 13.4. The van der Waals surface area contributed by atoms with Gasteiger partial charge >= 0.3 is 0 Å². The van der Waals surface area contributed by atoms with Gasteiger partial charge in [-0.2, -0.15) is 5.10 Å². The van der Waals surface area contributed by atoms with Crippen molar-refractivity contribution in [1.29, 1.82) is 0 Å². The molecule has 4 heterocycles.